The van der Waals surface area contributed by atoms with Gasteiger partial charge in [-0.2, -0.15) is 5.10 Å². The number of aromatic nitrogens is 2. The lowest BCUT2D eigenvalue weighted by Crippen LogP contribution is -2.30. The highest BCUT2D eigenvalue weighted by atomic mass is 35.5. The molecular formula is C24H26ClN3O4S. The van der Waals surface area contributed by atoms with Gasteiger partial charge in [0.2, 0.25) is 10.0 Å². The van der Waals surface area contributed by atoms with Crippen LogP contribution in [0.25, 0.3) is 11.3 Å². The summed E-state index contributed by atoms with van der Waals surface area (Å²) in [6, 6.07) is 12.0. The molecule has 0 amide bonds. The normalized spacial score (nSPS) is 13.5. The molecule has 0 saturated heterocycles. The first-order valence-electron chi connectivity index (χ1n) is 10.9. The molecule has 3 aromatic rings. The fraction of sp³-hybridized carbons (Fsp3) is 0.333. The number of hydrogen-bond acceptors (Lipinski definition) is 5. The van der Waals surface area contributed by atoms with E-state index in [1.54, 1.807) is 42.5 Å². The van der Waals surface area contributed by atoms with Gasteiger partial charge in [-0.05, 0) is 68.0 Å². The molecule has 0 radical (unpaired) electrons. The number of hydrogen-bond donors (Lipinski definition) is 1. The first-order chi connectivity index (χ1) is 15.9. The summed E-state index contributed by atoms with van der Waals surface area (Å²) in [5, 5.41) is 5.07. The molecule has 0 bridgehead atoms. The third-order valence-corrected chi connectivity index (χ3v) is 7.69. The van der Waals surface area contributed by atoms with Gasteiger partial charge in [0.05, 0.1) is 12.8 Å². The van der Waals surface area contributed by atoms with Gasteiger partial charge < -0.3 is 4.74 Å². The fourth-order valence-corrected chi connectivity index (χ4v) is 5.56. The lowest BCUT2D eigenvalue weighted by atomic mass is 9.90. The largest absolute Gasteiger partial charge is 0.495 e. The summed E-state index contributed by atoms with van der Waals surface area (Å²) in [7, 11) is -2.49. The molecule has 0 unspecified atom stereocenters. The van der Waals surface area contributed by atoms with Gasteiger partial charge in [0, 0.05) is 29.2 Å². The third kappa shape index (κ3) is 4.69. The molecule has 1 aliphatic rings. The van der Waals surface area contributed by atoms with Crippen molar-refractivity contribution in [2.45, 2.75) is 50.6 Å². The Morgan fingerprint density at radius 2 is 1.85 bits per heavy atom. The average Bonchev–Trinajstić information content (AvgIpc) is 2.83. The quantitative estimate of drug-likeness (QED) is 0.545. The number of benzene rings is 2. The first-order valence-corrected chi connectivity index (χ1v) is 12.8. The topological polar surface area (TPSA) is 90.3 Å². The minimum atomic E-state index is -3.92. The van der Waals surface area contributed by atoms with Crippen LogP contribution in [0.1, 0.15) is 36.5 Å². The van der Waals surface area contributed by atoms with E-state index in [9.17, 15) is 13.2 Å². The highest BCUT2D eigenvalue weighted by Gasteiger charge is 2.25. The van der Waals surface area contributed by atoms with Crippen LogP contribution in [-0.4, -0.2) is 25.3 Å². The number of aryl methyl sites for hydroxylation is 1. The standard InChI is InChI=1S/C24H26ClN3O4S/c1-3-28-24(29)19-10-6-5-9-18(19)23(27-28)16-12-13-21(32-2)22(14-16)33(30,31)26-15-17-8-4-7-11-20(17)25/h4,7-8,11-14,26H,3,5-6,9-10,15H2,1-2H3. The predicted molar refractivity (Wildman–Crippen MR) is 128 cm³/mol. The van der Waals surface area contributed by atoms with Crippen molar-refractivity contribution in [2.75, 3.05) is 7.11 Å². The molecule has 1 aliphatic carbocycles. The molecule has 1 N–H and O–H groups in total. The summed E-state index contributed by atoms with van der Waals surface area (Å²) < 4.78 is 35.9. The Balaban J connectivity index is 1.78. The van der Waals surface area contributed by atoms with Crippen molar-refractivity contribution in [3.63, 3.8) is 0 Å². The summed E-state index contributed by atoms with van der Waals surface area (Å²) in [6.07, 6.45) is 3.39. The summed E-state index contributed by atoms with van der Waals surface area (Å²) >= 11 is 6.18. The minimum Gasteiger partial charge on any atom is -0.495 e. The van der Waals surface area contributed by atoms with Crippen LogP contribution in [0.4, 0.5) is 0 Å². The van der Waals surface area contributed by atoms with Gasteiger partial charge >= 0.3 is 0 Å². The molecule has 0 aliphatic heterocycles. The molecular weight excluding hydrogens is 462 g/mol. The molecule has 0 saturated carbocycles. The van der Waals surface area contributed by atoms with Crippen molar-refractivity contribution in [3.05, 3.63) is 74.5 Å². The number of fused-ring (bicyclic) bond motifs is 1. The molecule has 1 aromatic heterocycles. The predicted octanol–water partition coefficient (Wildman–Crippen LogP) is 3.95. The van der Waals surface area contributed by atoms with E-state index in [4.69, 9.17) is 16.3 Å². The maximum Gasteiger partial charge on any atom is 0.270 e. The monoisotopic (exact) mass is 487 g/mol. The number of nitrogens with one attached hydrogen (secondary N) is 1. The van der Waals surface area contributed by atoms with Crippen LogP contribution in [0.15, 0.2) is 52.2 Å². The Kier molecular flexibility index (Phi) is 6.88. The number of methoxy groups -OCH3 is 1. The Hall–Kier alpha value is -2.68. The van der Waals surface area contributed by atoms with Gasteiger partial charge in [-0.3, -0.25) is 4.79 Å². The number of ether oxygens (including phenoxy) is 1. The highest BCUT2D eigenvalue weighted by Crippen LogP contribution is 2.33. The van der Waals surface area contributed by atoms with Crippen LogP contribution < -0.4 is 15.0 Å². The molecule has 174 valence electrons. The molecule has 1 heterocycles. The van der Waals surface area contributed by atoms with Gasteiger partial charge in [-0.15, -0.1) is 0 Å². The van der Waals surface area contributed by atoms with Crippen molar-refractivity contribution in [1.29, 1.82) is 0 Å². The summed E-state index contributed by atoms with van der Waals surface area (Å²) in [6.45, 7) is 2.36. The van der Waals surface area contributed by atoms with Crippen molar-refractivity contribution in [1.82, 2.24) is 14.5 Å². The second-order valence-electron chi connectivity index (χ2n) is 7.92. The Morgan fingerprint density at radius 3 is 2.55 bits per heavy atom. The van der Waals surface area contributed by atoms with Crippen LogP contribution in [0, 0.1) is 0 Å². The lowest BCUT2D eigenvalue weighted by Gasteiger charge is -2.20. The molecule has 4 rings (SSSR count). The van der Waals surface area contributed by atoms with E-state index >= 15 is 0 Å². The Bertz CT molecular complexity index is 1350. The van der Waals surface area contributed by atoms with Crippen LogP contribution >= 0.6 is 11.6 Å². The fourth-order valence-electron chi connectivity index (χ4n) is 4.16. The smallest absolute Gasteiger partial charge is 0.270 e. The van der Waals surface area contributed by atoms with Crippen molar-refractivity contribution >= 4 is 21.6 Å². The van der Waals surface area contributed by atoms with Crippen LogP contribution in [0.5, 0.6) is 5.75 Å². The zero-order valence-electron chi connectivity index (χ0n) is 18.6. The van der Waals surface area contributed by atoms with Gasteiger partial charge in [0.25, 0.3) is 5.56 Å². The molecule has 33 heavy (non-hydrogen) atoms. The number of nitrogens with zero attached hydrogens (tertiary/aromatic N) is 2. The first kappa shape index (κ1) is 23.5. The number of halogens is 1. The number of rotatable bonds is 7. The van der Waals surface area contributed by atoms with E-state index in [-0.39, 0.29) is 22.7 Å². The lowest BCUT2D eigenvalue weighted by molar-refractivity contribution is 0.402. The second-order valence-corrected chi connectivity index (χ2v) is 10.1. The zero-order valence-corrected chi connectivity index (χ0v) is 20.2. The highest BCUT2D eigenvalue weighted by molar-refractivity contribution is 7.89. The molecule has 0 fully saturated rings. The van der Waals surface area contributed by atoms with E-state index in [2.05, 4.69) is 9.82 Å². The van der Waals surface area contributed by atoms with E-state index in [0.29, 0.717) is 34.8 Å². The van der Waals surface area contributed by atoms with Crippen LogP contribution in [-0.2, 0) is 36.0 Å². The zero-order chi connectivity index (χ0) is 23.6. The van der Waals surface area contributed by atoms with E-state index in [0.717, 1.165) is 30.4 Å². The average molecular weight is 488 g/mol. The molecule has 0 atom stereocenters. The van der Waals surface area contributed by atoms with E-state index in [1.165, 1.54) is 11.8 Å². The molecule has 7 nitrogen and oxygen atoms in total. The van der Waals surface area contributed by atoms with E-state index in [1.807, 2.05) is 6.92 Å². The van der Waals surface area contributed by atoms with Gasteiger partial charge in [0.15, 0.2) is 0 Å². The summed E-state index contributed by atoms with van der Waals surface area (Å²) in [4.78, 5) is 12.8. The maximum atomic E-state index is 13.2. The summed E-state index contributed by atoms with van der Waals surface area (Å²) in [5.41, 5.74) is 3.59. The Morgan fingerprint density at radius 1 is 1.12 bits per heavy atom. The van der Waals surface area contributed by atoms with Gasteiger partial charge in [-0.1, -0.05) is 29.8 Å². The van der Waals surface area contributed by atoms with Gasteiger partial charge in [-0.25, -0.2) is 17.8 Å². The summed E-state index contributed by atoms with van der Waals surface area (Å²) in [5.74, 6) is 0.225. The second kappa shape index (κ2) is 9.67. The SMILES string of the molecule is CCn1nc(-c2ccc(OC)c(S(=O)(=O)NCc3ccccc3Cl)c2)c2c(c1=O)CCCC2. The van der Waals surface area contributed by atoms with Crippen molar-refractivity contribution < 1.29 is 13.2 Å². The van der Waals surface area contributed by atoms with Gasteiger partial charge in [0.1, 0.15) is 10.6 Å². The van der Waals surface area contributed by atoms with Crippen molar-refractivity contribution in [2.24, 2.45) is 0 Å². The molecule has 2 aromatic carbocycles. The van der Waals surface area contributed by atoms with E-state index < -0.39 is 10.0 Å². The number of sulfonamides is 1. The molecule has 0 spiro atoms. The maximum absolute atomic E-state index is 13.2. The third-order valence-electron chi connectivity index (χ3n) is 5.90. The molecule has 9 heteroatoms. The minimum absolute atomic E-state index is 0.00941. The Labute approximate surface area is 198 Å². The van der Waals surface area contributed by atoms with Crippen LogP contribution in [0.2, 0.25) is 5.02 Å². The van der Waals surface area contributed by atoms with Crippen LogP contribution in [0.3, 0.4) is 0 Å². The van der Waals surface area contributed by atoms with Crippen molar-refractivity contribution in [3.8, 4) is 17.0 Å².